The van der Waals surface area contributed by atoms with Gasteiger partial charge in [-0.3, -0.25) is 0 Å². The quantitative estimate of drug-likeness (QED) is 0.672. The molecule has 4 aliphatic carbocycles. The summed E-state index contributed by atoms with van der Waals surface area (Å²) in [4.78, 5) is 10.5. The van der Waals surface area contributed by atoms with E-state index in [1.807, 2.05) is 0 Å². The second-order valence-electron chi connectivity index (χ2n) is 5.65. The van der Waals surface area contributed by atoms with Crippen LogP contribution in [-0.4, -0.2) is 12.1 Å². The van der Waals surface area contributed by atoms with Crippen LogP contribution >= 0.6 is 0 Å². The third kappa shape index (κ3) is 0.999. The molecular formula is C12H17O2. The van der Waals surface area contributed by atoms with Crippen molar-refractivity contribution in [3.8, 4) is 0 Å². The molecule has 0 aromatic carbocycles. The van der Waals surface area contributed by atoms with Crippen molar-refractivity contribution in [1.82, 2.24) is 0 Å². The molecule has 0 saturated heterocycles. The number of carbonyl (C=O) groups excluding carboxylic acids is 1. The molecule has 4 rings (SSSR count). The molecule has 4 saturated carbocycles. The molecule has 3 atom stereocenters. The van der Waals surface area contributed by atoms with Crippen LogP contribution in [0.4, 0.5) is 0 Å². The number of ether oxygens (including phenoxy) is 1. The van der Waals surface area contributed by atoms with Gasteiger partial charge in [-0.1, -0.05) is 6.92 Å². The summed E-state index contributed by atoms with van der Waals surface area (Å²) in [5, 5.41) is 0. The van der Waals surface area contributed by atoms with Crippen LogP contribution in [-0.2, 0) is 9.53 Å². The Labute approximate surface area is 85.0 Å². The van der Waals surface area contributed by atoms with Crippen molar-refractivity contribution in [3.05, 3.63) is 0 Å². The fraction of sp³-hybridized carbons (Fsp3) is 0.917. The number of hydrogen-bond acceptors (Lipinski definition) is 2. The summed E-state index contributed by atoms with van der Waals surface area (Å²) >= 11 is 0. The third-order valence-corrected chi connectivity index (χ3v) is 4.99. The maximum absolute atomic E-state index is 10.5. The SMILES string of the molecule is CC1C2CC3CC(C2)CC1(O[C]=O)C3. The van der Waals surface area contributed by atoms with Crippen LogP contribution < -0.4 is 0 Å². The van der Waals surface area contributed by atoms with Gasteiger partial charge in [0.05, 0.1) is 0 Å². The minimum Gasteiger partial charge on any atom is -0.450 e. The first-order valence-electron chi connectivity index (χ1n) is 5.78. The van der Waals surface area contributed by atoms with Crippen LogP contribution in [0.2, 0.25) is 0 Å². The second kappa shape index (κ2) is 2.74. The molecule has 4 fully saturated rings. The van der Waals surface area contributed by atoms with Crippen molar-refractivity contribution in [2.45, 2.75) is 44.6 Å². The molecule has 0 spiro atoms. The van der Waals surface area contributed by atoms with E-state index >= 15 is 0 Å². The topological polar surface area (TPSA) is 26.3 Å². The van der Waals surface area contributed by atoms with Gasteiger partial charge in [-0.25, -0.2) is 4.79 Å². The maximum Gasteiger partial charge on any atom is 0.418 e. The highest BCUT2D eigenvalue weighted by Gasteiger charge is 2.56. The molecule has 14 heavy (non-hydrogen) atoms. The Bertz CT molecular complexity index is 247. The van der Waals surface area contributed by atoms with E-state index in [4.69, 9.17) is 4.74 Å². The Balaban J connectivity index is 1.93. The van der Waals surface area contributed by atoms with Crippen LogP contribution in [0.5, 0.6) is 0 Å². The molecule has 0 aromatic rings. The second-order valence-corrected chi connectivity index (χ2v) is 5.65. The van der Waals surface area contributed by atoms with Gasteiger partial charge in [0, 0.05) is 0 Å². The van der Waals surface area contributed by atoms with Crippen molar-refractivity contribution in [2.24, 2.45) is 23.7 Å². The molecular weight excluding hydrogens is 176 g/mol. The van der Waals surface area contributed by atoms with Crippen LogP contribution in [0.25, 0.3) is 0 Å². The minimum atomic E-state index is -0.115. The Morgan fingerprint density at radius 3 is 2.43 bits per heavy atom. The monoisotopic (exact) mass is 193 g/mol. The zero-order valence-electron chi connectivity index (χ0n) is 8.66. The summed E-state index contributed by atoms with van der Waals surface area (Å²) in [5.74, 6) is 3.04. The Morgan fingerprint density at radius 2 is 1.86 bits per heavy atom. The van der Waals surface area contributed by atoms with Gasteiger partial charge >= 0.3 is 6.47 Å². The van der Waals surface area contributed by atoms with E-state index in [0.29, 0.717) is 5.92 Å². The first kappa shape index (κ1) is 8.75. The standard InChI is InChI=1S/C12H17O2/c1-8-11-3-9-2-10(4-11)6-12(8,5-9)14-7-13/h8-11H,2-6H2,1H3. The van der Waals surface area contributed by atoms with Crippen LogP contribution in [0.3, 0.4) is 0 Å². The summed E-state index contributed by atoms with van der Waals surface area (Å²) in [7, 11) is 0. The maximum atomic E-state index is 10.5. The summed E-state index contributed by atoms with van der Waals surface area (Å²) in [6, 6.07) is 0. The Hall–Kier alpha value is -0.530. The molecule has 0 aliphatic heterocycles. The summed E-state index contributed by atoms with van der Waals surface area (Å²) in [6.45, 7) is 3.97. The fourth-order valence-electron chi connectivity index (χ4n) is 4.48. The lowest BCUT2D eigenvalue weighted by Crippen LogP contribution is -2.57. The van der Waals surface area contributed by atoms with Crippen LogP contribution in [0.15, 0.2) is 0 Å². The summed E-state index contributed by atoms with van der Waals surface area (Å²) in [6.07, 6.45) is 6.35. The van der Waals surface area contributed by atoms with E-state index in [0.717, 1.165) is 30.6 Å². The van der Waals surface area contributed by atoms with Gasteiger partial charge in [-0.05, 0) is 55.8 Å². The van der Waals surface area contributed by atoms with Gasteiger partial charge < -0.3 is 4.74 Å². The molecule has 0 amide bonds. The highest BCUT2D eigenvalue weighted by atomic mass is 16.5. The van der Waals surface area contributed by atoms with Gasteiger partial charge in [0.25, 0.3) is 0 Å². The van der Waals surface area contributed by atoms with Gasteiger partial charge in [0.1, 0.15) is 5.60 Å². The Morgan fingerprint density at radius 1 is 1.21 bits per heavy atom. The van der Waals surface area contributed by atoms with E-state index in [2.05, 4.69) is 6.92 Å². The van der Waals surface area contributed by atoms with Crippen molar-refractivity contribution in [3.63, 3.8) is 0 Å². The Kier molecular flexibility index (Phi) is 1.71. The van der Waals surface area contributed by atoms with E-state index in [9.17, 15) is 4.79 Å². The average molecular weight is 193 g/mol. The number of hydrogen-bond donors (Lipinski definition) is 0. The van der Waals surface area contributed by atoms with E-state index in [-0.39, 0.29) is 5.60 Å². The molecule has 3 unspecified atom stereocenters. The van der Waals surface area contributed by atoms with E-state index in [1.165, 1.54) is 19.3 Å². The van der Waals surface area contributed by atoms with Gasteiger partial charge in [0.2, 0.25) is 0 Å². The summed E-state index contributed by atoms with van der Waals surface area (Å²) < 4.78 is 5.35. The minimum absolute atomic E-state index is 0.115. The molecule has 0 aromatic heterocycles. The lowest BCUT2D eigenvalue weighted by Gasteiger charge is -2.58. The highest BCUT2D eigenvalue weighted by Crippen LogP contribution is 2.59. The van der Waals surface area contributed by atoms with Gasteiger partial charge in [0.15, 0.2) is 0 Å². The van der Waals surface area contributed by atoms with Crippen molar-refractivity contribution in [1.29, 1.82) is 0 Å². The van der Waals surface area contributed by atoms with Crippen molar-refractivity contribution in [2.75, 3.05) is 0 Å². The predicted molar refractivity (Wildman–Crippen MR) is 52.2 cm³/mol. The predicted octanol–water partition coefficient (Wildman–Crippen LogP) is 2.29. The van der Waals surface area contributed by atoms with E-state index in [1.54, 1.807) is 6.47 Å². The molecule has 4 aliphatic rings. The molecule has 2 nitrogen and oxygen atoms in total. The fourth-order valence-corrected chi connectivity index (χ4v) is 4.48. The smallest absolute Gasteiger partial charge is 0.418 e. The number of rotatable bonds is 2. The lowest BCUT2D eigenvalue weighted by molar-refractivity contribution is -0.156. The molecule has 0 N–H and O–H groups in total. The lowest BCUT2D eigenvalue weighted by atomic mass is 9.50. The molecule has 2 heteroatoms. The molecule has 1 radical (unpaired) electrons. The van der Waals surface area contributed by atoms with Crippen LogP contribution in [0.1, 0.15) is 39.0 Å². The zero-order chi connectivity index (χ0) is 9.76. The third-order valence-electron chi connectivity index (χ3n) is 4.99. The van der Waals surface area contributed by atoms with Crippen LogP contribution in [0, 0.1) is 23.7 Å². The molecule has 0 heterocycles. The normalized spacial score (nSPS) is 54.6. The van der Waals surface area contributed by atoms with Gasteiger partial charge in [-0.2, -0.15) is 0 Å². The van der Waals surface area contributed by atoms with E-state index < -0.39 is 0 Å². The van der Waals surface area contributed by atoms with Gasteiger partial charge in [-0.15, -0.1) is 0 Å². The average Bonchev–Trinajstić information content (AvgIpc) is 2.13. The summed E-state index contributed by atoms with van der Waals surface area (Å²) in [5.41, 5.74) is -0.115. The first-order valence-corrected chi connectivity index (χ1v) is 5.78. The first-order chi connectivity index (χ1) is 6.73. The molecule has 4 bridgehead atoms. The zero-order valence-corrected chi connectivity index (χ0v) is 8.66. The van der Waals surface area contributed by atoms with Crippen molar-refractivity contribution >= 4 is 6.47 Å². The molecule has 77 valence electrons. The highest BCUT2D eigenvalue weighted by molar-refractivity contribution is 5.40. The van der Waals surface area contributed by atoms with Crippen molar-refractivity contribution < 1.29 is 9.53 Å². The largest absolute Gasteiger partial charge is 0.450 e.